The highest BCUT2D eigenvalue weighted by Gasteiger charge is 2.07. The molecule has 0 amide bonds. The second-order valence-electron chi connectivity index (χ2n) is 4.92. The Bertz CT molecular complexity index is 718. The maximum Gasteiger partial charge on any atom is 0.119 e. The van der Waals surface area contributed by atoms with E-state index in [1.165, 1.54) is 10.9 Å². The summed E-state index contributed by atoms with van der Waals surface area (Å²) in [6.45, 7) is 2.15. The first kappa shape index (κ1) is 12.6. The number of methoxy groups -OCH3 is 1. The smallest absolute Gasteiger partial charge is 0.119 e. The molecule has 2 N–H and O–H groups in total. The summed E-state index contributed by atoms with van der Waals surface area (Å²) >= 11 is 0. The van der Waals surface area contributed by atoms with E-state index in [9.17, 15) is 0 Å². The van der Waals surface area contributed by atoms with Gasteiger partial charge >= 0.3 is 0 Å². The Balaban J connectivity index is 1.81. The zero-order valence-corrected chi connectivity index (χ0v) is 11.7. The quantitative estimate of drug-likeness (QED) is 0.736. The summed E-state index contributed by atoms with van der Waals surface area (Å²) < 4.78 is 5.27. The van der Waals surface area contributed by atoms with Crippen LogP contribution in [-0.4, -0.2) is 12.1 Å². The van der Waals surface area contributed by atoms with Crippen LogP contribution >= 0.6 is 0 Å². The minimum Gasteiger partial charge on any atom is -0.497 e. The van der Waals surface area contributed by atoms with Gasteiger partial charge < -0.3 is 15.0 Å². The molecule has 3 aromatic rings. The highest BCUT2D eigenvalue weighted by Crippen LogP contribution is 2.24. The third kappa shape index (κ3) is 2.48. The summed E-state index contributed by atoms with van der Waals surface area (Å²) in [6, 6.07) is 16.8. The molecule has 0 fully saturated rings. The van der Waals surface area contributed by atoms with E-state index in [2.05, 4.69) is 53.6 Å². The minimum absolute atomic E-state index is 0.224. The van der Waals surface area contributed by atoms with Crippen molar-refractivity contribution < 1.29 is 4.74 Å². The predicted molar refractivity (Wildman–Crippen MR) is 83.3 cm³/mol. The second-order valence-corrected chi connectivity index (χ2v) is 4.92. The number of benzene rings is 2. The molecule has 1 atom stereocenters. The highest BCUT2D eigenvalue weighted by molar-refractivity contribution is 5.83. The summed E-state index contributed by atoms with van der Waals surface area (Å²) in [5.41, 5.74) is 3.48. The van der Waals surface area contributed by atoms with Gasteiger partial charge in [-0.3, -0.25) is 0 Å². The van der Waals surface area contributed by atoms with Crippen molar-refractivity contribution in [2.45, 2.75) is 13.0 Å². The Morgan fingerprint density at radius 2 is 2.00 bits per heavy atom. The van der Waals surface area contributed by atoms with E-state index in [0.717, 1.165) is 17.0 Å². The fraction of sp³-hybridized carbons (Fsp3) is 0.176. The number of nitrogens with one attached hydrogen (secondary N) is 2. The molecule has 0 aliphatic heterocycles. The van der Waals surface area contributed by atoms with Gasteiger partial charge in [0.25, 0.3) is 0 Å². The molecule has 3 heteroatoms. The Hall–Kier alpha value is -2.42. The van der Waals surface area contributed by atoms with Crippen LogP contribution in [0, 0.1) is 0 Å². The lowest BCUT2D eigenvalue weighted by molar-refractivity contribution is 0.414. The average molecular weight is 266 g/mol. The van der Waals surface area contributed by atoms with Gasteiger partial charge in [0.05, 0.1) is 7.11 Å². The van der Waals surface area contributed by atoms with Crippen molar-refractivity contribution in [2.75, 3.05) is 12.4 Å². The van der Waals surface area contributed by atoms with Crippen LogP contribution in [0.1, 0.15) is 18.5 Å². The standard InChI is InChI=1S/C17H18N2O/c1-12(13-4-3-5-16(11-13)20-2)19-15-6-7-17-14(10-15)8-9-18-17/h3-12,18-19H,1-2H3. The number of fused-ring (bicyclic) bond motifs is 1. The van der Waals surface area contributed by atoms with E-state index >= 15 is 0 Å². The van der Waals surface area contributed by atoms with Gasteiger partial charge in [-0.2, -0.15) is 0 Å². The second kappa shape index (κ2) is 5.29. The van der Waals surface area contributed by atoms with Gasteiger partial charge in [0.1, 0.15) is 5.75 Å². The number of H-pyrrole nitrogens is 1. The summed E-state index contributed by atoms with van der Waals surface area (Å²) in [5.74, 6) is 0.886. The maximum atomic E-state index is 5.27. The molecule has 0 saturated heterocycles. The molecular formula is C17H18N2O. The highest BCUT2D eigenvalue weighted by atomic mass is 16.5. The Labute approximate surface area is 118 Å². The first-order valence-electron chi connectivity index (χ1n) is 6.74. The van der Waals surface area contributed by atoms with Crippen molar-refractivity contribution >= 4 is 16.6 Å². The molecule has 1 unspecified atom stereocenters. The number of anilines is 1. The number of hydrogen-bond acceptors (Lipinski definition) is 2. The molecule has 0 aliphatic rings. The summed E-state index contributed by atoms with van der Waals surface area (Å²) in [5, 5.41) is 4.74. The molecule has 3 nitrogen and oxygen atoms in total. The van der Waals surface area contributed by atoms with Crippen molar-refractivity contribution in [3.63, 3.8) is 0 Å². The van der Waals surface area contributed by atoms with Crippen molar-refractivity contribution in [1.82, 2.24) is 4.98 Å². The lowest BCUT2D eigenvalue weighted by Crippen LogP contribution is -2.06. The summed E-state index contributed by atoms with van der Waals surface area (Å²) in [4.78, 5) is 3.20. The van der Waals surface area contributed by atoms with Crippen LogP contribution in [0.25, 0.3) is 10.9 Å². The van der Waals surface area contributed by atoms with Crippen LogP contribution in [0.4, 0.5) is 5.69 Å². The average Bonchev–Trinajstić information content (AvgIpc) is 2.95. The van der Waals surface area contributed by atoms with Crippen LogP contribution < -0.4 is 10.1 Å². The van der Waals surface area contributed by atoms with E-state index in [4.69, 9.17) is 4.74 Å². The molecule has 1 aromatic heterocycles. The maximum absolute atomic E-state index is 5.27. The topological polar surface area (TPSA) is 37.0 Å². The van der Waals surface area contributed by atoms with E-state index in [0.29, 0.717) is 0 Å². The van der Waals surface area contributed by atoms with Crippen molar-refractivity contribution in [3.8, 4) is 5.75 Å². The molecule has 0 saturated carbocycles. The molecule has 3 rings (SSSR count). The molecule has 0 aliphatic carbocycles. The summed E-state index contributed by atoms with van der Waals surface area (Å²) in [7, 11) is 1.69. The van der Waals surface area contributed by atoms with Gasteiger partial charge in [0, 0.05) is 28.8 Å². The minimum atomic E-state index is 0.224. The van der Waals surface area contributed by atoms with Crippen molar-refractivity contribution in [2.24, 2.45) is 0 Å². The first-order chi connectivity index (χ1) is 9.76. The molecule has 102 valence electrons. The van der Waals surface area contributed by atoms with Gasteiger partial charge in [0.15, 0.2) is 0 Å². The molecule has 0 bridgehead atoms. The Morgan fingerprint density at radius 1 is 1.10 bits per heavy atom. The van der Waals surface area contributed by atoms with E-state index in [1.807, 2.05) is 18.3 Å². The van der Waals surface area contributed by atoms with Gasteiger partial charge in [-0.15, -0.1) is 0 Å². The molecular weight excluding hydrogens is 248 g/mol. The van der Waals surface area contributed by atoms with Crippen molar-refractivity contribution in [1.29, 1.82) is 0 Å². The Morgan fingerprint density at radius 3 is 2.85 bits per heavy atom. The fourth-order valence-electron chi connectivity index (χ4n) is 2.39. The molecule has 0 spiro atoms. The van der Waals surface area contributed by atoms with E-state index in [-0.39, 0.29) is 6.04 Å². The molecule has 20 heavy (non-hydrogen) atoms. The lowest BCUT2D eigenvalue weighted by atomic mass is 10.1. The Kier molecular flexibility index (Phi) is 3.33. The predicted octanol–water partition coefficient (Wildman–Crippen LogP) is 4.35. The van der Waals surface area contributed by atoms with Crippen LogP contribution in [0.15, 0.2) is 54.7 Å². The first-order valence-corrected chi connectivity index (χ1v) is 6.74. The number of aromatic nitrogens is 1. The number of rotatable bonds is 4. The largest absolute Gasteiger partial charge is 0.497 e. The van der Waals surface area contributed by atoms with Gasteiger partial charge in [-0.05, 0) is 48.9 Å². The van der Waals surface area contributed by atoms with Gasteiger partial charge in [-0.1, -0.05) is 12.1 Å². The lowest BCUT2D eigenvalue weighted by Gasteiger charge is -2.16. The van der Waals surface area contributed by atoms with Crippen molar-refractivity contribution in [3.05, 3.63) is 60.3 Å². The number of ether oxygens (including phenoxy) is 1. The third-order valence-electron chi connectivity index (χ3n) is 3.53. The van der Waals surface area contributed by atoms with Gasteiger partial charge in [0.2, 0.25) is 0 Å². The van der Waals surface area contributed by atoms with Crippen LogP contribution in [0.3, 0.4) is 0 Å². The van der Waals surface area contributed by atoms with E-state index < -0.39 is 0 Å². The monoisotopic (exact) mass is 266 g/mol. The summed E-state index contributed by atoms with van der Waals surface area (Å²) in [6.07, 6.45) is 1.96. The third-order valence-corrected chi connectivity index (χ3v) is 3.53. The molecule has 1 heterocycles. The SMILES string of the molecule is COc1cccc(C(C)Nc2ccc3[nH]ccc3c2)c1. The molecule has 0 radical (unpaired) electrons. The fourth-order valence-corrected chi connectivity index (χ4v) is 2.39. The zero-order valence-electron chi connectivity index (χ0n) is 11.7. The van der Waals surface area contributed by atoms with Crippen LogP contribution in [0.5, 0.6) is 5.75 Å². The number of aromatic amines is 1. The van der Waals surface area contributed by atoms with E-state index in [1.54, 1.807) is 7.11 Å². The number of hydrogen-bond donors (Lipinski definition) is 2. The van der Waals surface area contributed by atoms with Crippen LogP contribution in [0.2, 0.25) is 0 Å². The van der Waals surface area contributed by atoms with Crippen LogP contribution in [-0.2, 0) is 0 Å². The van der Waals surface area contributed by atoms with Gasteiger partial charge in [-0.25, -0.2) is 0 Å². The molecule has 2 aromatic carbocycles. The zero-order chi connectivity index (χ0) is 13.9. The normalized spacial score (nSPS) is 12.3.